The molecule has 146 valence electrons. The quantitative estimate of drug-likeness (QED) is 0.799. The minimum absolute atomic E-state index is 0.250. The highest BCUT2D eigenvalue weighted by Gasteiger charge is 2.52. The second kappa shape index (κ2) is 6.69. The molecule has 0 bridgehead atoms. The molecule has 0 unspecified atom stereocenters. The minimum Gasteiger partial charge on any atom is -0.490 e. The van der Waals surface area contributed by atoms with Crippen molar-refractivity contribution in [2.45, 2.75) is 57.2 Å². The van der Waals surface area contributed by atoms with E-state index in [1.807, 2.05) is 0 Å². The second-order valence-corrected chi connectivity index (χ2v) is 9.26. The Bertz CT molecular complexity index is 688. The Morgan fingerprint density at radius 2 is 1.74 bits per heavy atom. The molecular weight excluding hydrogens is 338 g/mol. The van der Waals surface area contributed by atoms with Gasteiger partial charge in [0.25, 0.3) is 0 Å². The molecule has 0 atom stereocenters. The van der Waals surface area contributed by atoms with Gasteiger partial charge in [0.2, 0.25) is 0 Å². The minimum atomic E-state index is 0.250. The maximum Gasteiger partial charge on any atom is 0.320 e. The van der Waals surface area contributed by atoms with Gasteiger partial charge < -0.3 is 19.4 Å². The Balaban J connectivity index is 1.27. The zero-order valence-electron chi connectivity index (χ0n) is 16.4. The Morgan fingerprint density at radius 3 is 2.37 bits per heavy atom. The number of nitrogens with zero attached hydrogens (tertiary/aromatic N) is 3. The fourth-order valence-electron chi connectivity index (χ4n) is 4.61. The first-order chi connectivity index (χ1) is 13.1. The molecule has 5 rings (SSSR count). The van der Waals surface area contributed by atoms with Crippen molar-refractivity contribution < 1.29 is 9.53 Å². The number of ether oxygens (including phenoxy) is 1. The number of hydrogen-bond acceptors (Lipinski definition) is 3. The van der Waals surface area contributed by atoms with Gasteiger partial charge in [0.15, 0.2) is 0 Å². The zero-order chi connectivity index (χ0) is 18.4. The monoisotopic (exact) mass is 369 g/mol. The van der Waals surface area contributed by atoms with Crippen molar-refractivity contribution >= 4 is 6.03 Å². The fourth-order valence-corrected chi connectivity index (χ4v) is 4.61. The number of benzene rings is 1. The number of amides is 2. The Kier molecular flexibility index (Phi) is 4.30. The molecule has 27 heavy (non-hydrogen) atoms. The van der Waals surface area contributed by atoms with Crippen molar-refractivity contribution in [1.29, 1.82) is 0 Å². The van der Waals surface area contributed by atoms with Gasteiger partial charge in [-0.05, 0) is 76.4 Å². The first-order valence-electron chi connectivity index (χ1n) is 10.6. The average molecular weight is 370 g/mol. The zero-order valence-corrected chi connectivity index (χ0v) is 16.4. The molecule has 2 aliphatic carbocycles. The van der Waals surface area contributed by atoms with Gasteiger partial charge in [0.05, 0.1) is 6.10 Å². The van der Waals surface area contributed by atoms with Crippen LogP contribution in [-0.4, -0.2) is 66.1 Å². The van der Waals surface area contributed by atoms with Crippen molar-refractivity contribution in [2.24, 2.45) is 5.41 Å². The van der Waals surface area contributed by atoms with E-state index >= 15 is 0 Å². The van der Waals surface area contributed by atoms with Crippen molar-refractivity contribution in [1.82, 2.24) is 14.7 Å². The third kappa shape index (κ3) is 3.79. The lowest BCUT2D eigenvalue weighted by atomic mass is 9.97. The lowest BCUT2D eigenvalue weighted by Gasteiger charge is -2.46. The number of hydrogen-bond donors (Lipinski definition) is 0. The molecule has 0 aromatic heterocycles. The summed E-state index contributed by atoms with van der Waals surface area (Å²) in [6.07, 6.45) is 7.55. The number of rotatable bonds is 5. The summed E-state index contributed by atoms with van der Waals surface area (Å²) in [6, 6.07) is 9.04. The molecule has 2 aliphatic heterocycles. The summed E-state index contributed by atoms with van der Waals surface area (Å²) in [5, 5.41) is 0. The maximum atomic E-state index is 13.3. The SMILES string of the molecule is CN1CCC(N2CC3(CC3)CN(Cc3ccc(OC4CC4)cc3)C2=O)CC1. The molecule has 4 fully saturated rings. The largest absolute Gasteiger partial charge is 0.490 e. The molecule has 2 saturated carbocycles. The van der Waals surface area contributed by atoms with Crippen molar-refractivity contribution in [3.05, 3.63) is 29.8 Å². The summed E-state index contributed by atoms with van der Waals surface area (Å²) in [5.41, 5.74) is 1.57. The highest BCUT2D eigenvalue weighted by Crippen LogP contribution is 2.50. The van der Waals surface area contributed by atoms with Crippen LogP contribution in [0.25, 0.3) is 0 Å². The van der Waals surface area contributed by atoms with Gasteiger partial charge in [-0.2, -0.15) is 0 Å². The molecule has 5 nitrogen and oxygen atoms in total. The summed E-state index contributed by atoms with van der Waals surface area (Å²) in [7, 11) is 2.18. The molecular formula is C22H31N3O2. The van der Waals surface area contributed by atoms with Gasteiger partial charge in [-0.15, -0.1) is 0 Å². The molecule has 5 heteroatoms. The average Bonchev–Trinajstić information content (AvgIpc) is 3.59. The molecule has 0 radical (unpaired) electrons. The summed E-state index contributed by atoms with van der Waals surface area (Å²) < 4.78 is 5.85. The summed E-state index contributed by atoms with van der Waals surface area (Å²) in [5.74, 6) is 0.956. The summed E-state index contributed by atoms with van der Waals surface area (Å²) in [4.78, 5) is 20.0. The molecule has 0 N–H and O–H groups in total. The number of likely N-dealkylation sites (tertiary alicyclic amines) is 1. The highest BCUT2D eigenvalue weighted by molar-refractivity contribution is 5.76. The standard InChI is InChI=1S/C22H31N3O2/c1-23-12-8-18(9-13-23)25-16-22(10-11-22)15-24(21(25)26)14-17-2-4-19(5-3-17)27-20-6-7-20/h2-5,18,20H,6-16H2,1H3. The normalized spacial score (nSPS) is 25.9. The molecule has 4 aliphatic rings. The van der Waals surface area contributed by atoms with Crippen LogP contribution in [0.2, 0.25) is 0 Å². The van der Waals surface area contributed by atoms with E-state index in [-0.39, 0.29) is 6.03 Å². The van der Waals surface area contributed by atoms with Crippen LogP contribution in [0.1, 0.15) is 44.1 Å². The van der Waals surface area contributed by atoms with Crippen LogP contribution >= 0.6 is 0 Å². The lowest BCUT2D eigenvalue weighted by Crippen LogP contribution is -2.58. The van der Waals surface area contributed by atoms with E-state index in [1.165, 1.54) is 31.2 Å². The predicted octanol–water partition coefficient (Wildman–Crippen LogP) is 3.34. The molecule has 1 aromatic rings. The van der Waals surface area contributed by atoms with Crippen LogP contribution in [-0.2, 0) is 6.54 Å². The highest BCUT2D eigenvalue weighted by atomic mass is 16.5. The Morgan fingerprint density at radius 1 is 1.04 bits per heavy atom. The lowest BCUT2D eigenvalue weighted by molar-refractivity contribution is 0.0521. The van der Waals surface area contributed by atoms with E-state index in [0.29, 0.717) is 24.1 Å². The number of carbonyl (C=O) groups excluding carboxylic acids is 1. The number of urea groups is 1. The van der Waals surface area contributed by atoms with E-state index in [4.69, 9.17) is 4.74 Å². The number of piperidine rings is 1. The van der Waals surface area contributed by atoms with Gasteiger partial charge in [0.1, 0.15) is 5.75 Å². The van der Waals surface area contributed by atoms with E-state index in [2.05, 4.69) is 46.0 Å². The molecule has 2 heterocycles. The van der Waals surface area contributed by atoms with Crippen LogP contribution in [0.3, 0.4) is 0 Å². The summed E-state index contributed by atoms with van der Waals surface area (Å²) in [6.45, 7) is 4.82. The van der Waals surface area contributed by atoms with Crippen molar-refractivity contribution in [3.63, 3.8) is 0 Å². The molecule has 1 aromatic carbocycles. The van der Waals surface area contributed by atoms with Crippen LogP contribution in [0.15, 0.2) is 24.3 Å². The Hall–Kier alpha value is -1.75. The van der Waals surface area contributed by atoms with Crippen LogP contribution < -0.4 is 4.74 Å². The van der Waals surface area contributed by atoms with E-state index in [9.17, 15) is 4.79 Å². The predicted molar refractivity (Wildman–Crippen MR) is 105 cm³/mol. The Labute approximate surface area is 162 Å². The molecule has 1 spiro atoms. The third-order valence-corrected chi connectivity index (χ3v) is 6.76. The third-order valence-electron chi connectivity index (χ3n) is 6.76. The van der Waals surface area contributed by atoms with Crippen molar-refractivity contribution in [2.75, 3.05) is 33.2 Å². The van der Waals surface area contributed by atoms with E-state index in [1.54, 1.807) is 0 Å². The number of carbonyl (C=O) groups is 1. The first kappa shape index (κ1) is 17.4. The van der Waals surface area contributed by atoms with Gasteiger partial charge in [-0.25, -0.2) is 4.79 Å². The van der Waals surface area contributed by atoms with E-state index < -0.39 is 0 Å². The fraction of sp³-hybridized carbons (Fsp3) is 0.682. The van der Waals surface area contributed by atoms with Crippen LogP contribution in [0.5, 0.6) is 5.75 Å². The van der Waals surface area contributed by atoms with E-state index in [0.717, 1.165) is 44.8 Å². The smallest absolute Gasteiger partial charge is 0.320 e. The molecule has 2 saturated heterocycles. The first-order valence-corrected chi connectivity index (χ1v) is 10.6. The van der Waals surface area contributed by atoms with Gasteiger partial charge in [0, 0.05) is 31.1 Å². The van der Waals surface area contributed by atoms with Crippen LogP contribution in [0, 0.1) is 5.41 Å². The maximum absolute atomic E-state index is 13.3. The summed E-state index contributed by atoms with van der Waals surface area (Å²) >= 11 is 0. The van der Waals surface area contributed by atoms with Gasteiger partial charge >= 0.3 is 6.03 Å². The van der Waals surface area contributed by atoms with Gasteiger partial charge in [-0.3, -0.25) is 0 Å². The van der Waals surface area contributed by atoms with Gasteiger partial charge in [-0.1, -0.05) is 12.1 Å². The van der Waals surface area contributed by atoms with Crippen LogP contribution in [0.4, 0.5) is 4.79 Å². The topological polar surface area (TPSA) is 36.0 Å². The van der Waals surface area contributed by atoms with Crippen molar-refractivity contribution in [3.8, 4) is 5.75 Å². The second-order valence-electron chi connectivity index (χ2n) is 9.26. The molecule has 2 amide bonds.